The number of hydrogen-bond donors (Lipinski definition) is 2. The molecule has 0 spiro atoms. The number of Topliss-reactive ketones (excluding diaryl/α,β-unsaturated/α-hetero) is 1. The molecule has 0 aliphatic carbocycles. The average molecular weight is 358 g/mol. The third kappa shape index (κ3) is 2.27. The maximum Gasteiger partial charge on any atom is 0.204 e. The number of aryl methyl sites for hydroxylation is 1. The van der Waals surface area contributed by atoms with Gasteiger partial charge in [0, 0.05) is 29.6 Å². The number of ketones is 1. The van der Waals surface area contributed by atoms with Crippen molar-refractivity contribution in [3.05, 3.63) is 59.7 Å². The molecular weight excluding hydrogens is 340 g/mol. The Kier molecular flexibility index (Phi) is 3.18. The Morgan fingerprint density at radius 3 is 2.85 bits per heavy atom. The zero-order valence-electron chi connectivity index (χ0n) is 14.8. The van der Waals surface area contributed by atoms with Crippen LogP contribution in [-0.4, -0.2) is 33.9 Å². The Morgan fingerprint density at radius 2 is 2.00 bits per heavy atom. The van der Waals surface area contributed by atoms with E-state index in [1.54, 1.807) is 12.1 Å². The monoisotopic (exact) mass is 358 g/mol. The molecule has 1 unspecified atom stereocenters. The molecule has 3 heterocycles. The van der Waals surface area contributed by atoms with Crippen molar-refractivity contribution < 1.29 is 9.90 Å². The summed E-state index contributed by atoms with van der Waals surface area (Å²) in [4.78, 5) is 23.9. The van der Waals surface area contributed by atoms with E-state index in [0.717, 1.165) is 22.2 Å². The van der Waals surface area contributed by atoms with Crippen LogP contribution in [0.3, 0.4) is 0 Å². The SMILES string of the molecule is Cc1ccc2c(c1)C(=O)C1(O)CCN(c3ccc4nc(N)ccc4c3)C1=N2. The Labute approximate surface area is 156 Å². The van der Waals surface area contributed by atoms with E-state index in [0.29, 0.717) is 35.9 Å². The summed E-state index contributed by atoms with van der Waals surface area (Å²) in [5.41, 5.74) is 7.91. The van der Waals surface area contributed by atoms with Crippen LogP contribution in [0.4, 0.5) is 17.2 Å². The van der Waals surface area contributed by atoms with Gasteiger partial charge in [0.05, 0.1) is 11.2 Å². The summed E-state index contributed by atoms with van der Waals surface area (Å²) in [5, 5.41) is 12.1. The molecule has 2 aromatic carbocycles. The number of amidine groups is 1. The largest absolute Gasteiger partial charge is 0.384 e. The van der Waals surface area contributed by atoms with E-state index in [1.165, 1.54) is 0 Å². The van der Waals surface area contributed by atoms with Crippen LogP contribution in [0.25, 0.3) is 10.9 Å². The van der Waals surface area contributed by atoms with Gasteiger partial charge in [-0.2, -0.15) is 0 Å². The molecule has 6 heteroatoms. The molecule has 0 saturated carbocycles. The molecule has 3 N–H and O–H groups in total. The van der Waals surface area contributed by atoms with Crippen LogP contribution in [0, 0.1) is 6.92 Å². The average Bonchev–Trinajstić information content (AvgIpc) is 3.00. The Morgan fingerprint density at radius 1 is 1.15 bits per heavy atom. The lowest BCUT2D eigenvalue weighted by Gasteiger charge is -2.30. The molecule has 1 aromatic heterocycles. The summed E-state index contributed by atoms with van der Waals surface area (Å²) in [5.74, 6) is 0.593. The van der Waals surface area contributed by atoms with Crippen molar-refractivity contribution in [2.75, 3.05) is 17.2 Å². The first kappa shape index (κ1) is 16.0. The molecule has 1 fully saturated rings. The highest BCUT2D eigenvalue weighted by Gasteiger charge is 2.52. The first-order valence-electron chi connectivity index (χ1n) is 8.86. The number of aliphatic hydroxyl groups is 1. The summed E-state index contributed by atoms with van der Waals surface area (Å²) < 4.78 is 0. The number of rotatable bonds is 1. The van der Waals surface area contributed by atoms with Gasteiger partial charge in [-0.15, -0.1) is 0 Å². The van der Waals surface area contributed by atoms with Gasteiger partial charge in [0.15, 0.2) is 5.60 Å². The van der Waals surface area contributed by atoms with Gasteiger partial charge in [0.2, 0.25) is 5.78 Å². The summed E-state index contributed by atoms with van der Waals surface area (Å²) >= 11 is 0. The van der Waals surface area contributed by atoms with Crippen molar-refractivity contribution in [2.45, 2.75) is 18.9 Å². The van der Waals surface area contributed by atoms with Gasteiger partial charge < -0.3 is 15.7 Å². The molecule has 2 aliphatic heterocycles. The van der Waals surface area contributed by atoms with Gasteiger partial charge in [-0.1, -0.05) is 11.6 Å². The van der Waals surface area contributed by atoms with Crippen molar-refractivity contribution in [1.82, 2.24) is 4.98 Å². The van der Waals surface area contributed by atoms with E-state index in [-0.39, 0.29) is 5.78 Å². The number of carbonyl (C=O) groups excluding carboxylic acids is 1. The number of pyridine rings is 1. The zero-order chi connectivity index (χ0) is 18.8. The molecule has 6 nitrogen and oxygen atoms in total. The van der Waals surface area contributed by atoms with Crippen molar-refractivity contribution >= 4 is 39.7 Å². The summed E-state index contributed by atoms with van der Waals surface area (Å²) in [7, 11) is 0. The number of benzene rings is 2. The minimum Gasteiger partial charge on any atom is -0.384 e. The minimum atomic E-state index is -1.57. The quantitative estimate of drug-likeness (QED) is 0.698. The molecule has 27 heavy (non-hydrogen) atoms. The lowest BCUT2D eigenvalue weighted by molar-refractivity contribution is 0.0602. The molecule has 0 amide bonds. The Balaban J connectivity index is 1.64. The molecule has 0 radical (unpaired) electrons. The number of nitrogens with zero attached hydrogens (tertiary/aromatic N) is 3. The Hall–Kier alpha value is -3.25. The van der Waals surface area contributed by atoms with Crippen LogP contribution in [0.5, 0.6) is 0 Å². The first-order valence-corrected chi connectivity index (χ1v) is 8.86. The lowest BCUT2D eigenvalue weighted by Crippen LogP contribution is -2.48. The third-order valence-corrected chi connectivity index (χ3v) is 5.33. The molecule has 0 bridgehead atoms. The number of hydrogen-bond acceptors (Lipinski definition) is 6. The number of carbonyl (C=O) groups is 1. The van der Waals surface area contributed by atoms with Gasteiger partial charge in [-0.3, -0.25) is 4.79 Å². The predicted octanol–water partition coefficient (Wildman–Crippen LogP) is 2.99. The maximum absolute atomic E-state index is 13.0. The predicted molar refractivity (Wildman–Crippen MR) is 106 cm³/mol. The fourth-order valence-corrected chi connectivity index (χ4v) is 3.90. The summed E-state index contributed by atoms with van der Waals surface area (Å²) in [6, 6.07) is 15.0. The topological polar surface area (TPSA) is 91.8 Å². The van der Waals surface area contributed by atoms with Gasteiger partial charge in [-0.25, -0.2) is 9.98 Å². The van der Waals surface area contributed by atoms with Crippen molar-refractivity contribution in [2.24, 2.45) is 4.99 Å². The van der Waals surface area contributed by atoms with Gasteiger partial charge in [0.1, 0.15) is 11.7 Å². The number of anilines is 2. The zero-order valence-corrected chi connectivity index (χ0v) is 14.8. The number of aromatic nitrogens is 1. The summed E-state index contributed by atoms with van der Waals surface area (Å²) in [6.45, 7) is 2.44. The van der Waals surface area contributed by atoms with Crippen LogP contribution < -0.4 is 10.6 Å². The van der Waals surface area contributed by atoms with Crippen molar-refractivity contribution in [3.8, 4) is 0 Å². The van der Waals surface area contributed by atoms with E-state index in [4.69, 9.17) is 5.73 Å². The van der Waals surface area contributed by atoms with Crippen LogP contribution in [0.1, 0.15) is 22.3 Å². The van der Waals surface area contributed by atoms with E-state index < -0.39 is 5.60 Å². The van der Waals surface area contributed by atoms with Gasteiger partial charge >= 0.3 is 0 Å². The van der Waals surface area contributed by atoms with Crippen LogP contribution in [0.2, 0.25) is 0 Å². The van der Waals surface area contributed by atoms with E-state index in [2.05, 4.69) is 9.98 Å². The second-order valence-electron chi connectivity index (χ2n) is 7.16. The first-order chi connectivity index (χ1) is 13.0. The lowest BCUT2D eigenvalue weighted by atomic mass is 9.87. The molecule has 5 rings (SSSR count). The highest BCUT2D eigenvalue weighted by molar-refractivity contribution is 6.28. The Bertz CT molecular complexity index is 1150. The maximum atomic E-state index is 13.0. The van der Waals surface area contributed by atoms with Crippen molar-refractivity contribution in [1.29, 1.82) is 0 Å². The fraction of sp³-hybridized carbons (Fsp3) is 0.190. The third-order valence-electron chi connectivity index (χ3n) is 5.33. The smallest absolute Gasteiger partial charge is 0.204 e. The normalized spacial score (nSPS) is 21.2. The minimum absolute atomic E-state index is 0.274. The van der Waals surface area contributed by atoms with E-state index >= 15 is 0 Å². The summed E-state index contributed by atoms with van der Waals surface area (Å²) in [6.07, 6.45) is 0.316. The molecule has 1 saturated heterocycles. The second kappa shape index (κ2) is 5.37. The number of nitrogen functional groups attached to an aromatic ring is 1. The second-order valence-corrected chi connectivity index (χ2v) is 7.16. The standard InChI is InChI=1S/C21H18N4O2/c1-12-2-5-17-15(10-12)19(26)21(27)8-9-25(20(21)24-17)14-4-6-16-13(11-14)3-7-18(22)23-16/h2-7,10-11,27H,8-9H2,1H3,(H2,22,23). The van der Waals surface area contributed by atoms with Gasteiger partial charge in [-0.05, 0) is 49.4 Å². The molecule has 134 valence electrons. The van der Waals surface area contributed by atoms with E-state index in [1.807, 2.05) is 48.2 Å². The molecule has 1 atom stereocenters. The fourth-order valence-electron chi connectivity index (χ4n) is 3.90. The molecule has 3 aromatic rings. The highest BCUT2D eigenvalue weighted by atomic mass is 16.3. The molecule has 2 aliphatic rings. The van der Waals surface area contributed by atoms with E-state index in [9.17, 15) is 9.90 Å². The van der Waals surface area contributed by atoms with Crippen LogP contribution in [-0.2, 0) is 0 Å². The van der Waals surface area contributed by atoms with Crippen molar-refractivity contribution in [3.63, 3.8) is 0 Å². The van der Waals surface area contributed by atoms with Gasteiger partial charge in [0.25, 0.3) is 0 Å². The highest BCUT2D eigenvalue weighted by Crippen LogP contribution is 2.40. The van der Waals surface area contributed by atoms with Crippen LogP contribution >= 0.6 is 0 Å². The van der Waals surface area contributed by atoms with Crippen LogP contribution in [0.15, 0.2) is 53.5 Å². The number of aliphatic imine (C=N–C) groups is 1. The molecular formula is C21H18N4O2. The number of fused-ring (bicyclic) bond motifs is 3. The number of nitrogens with two attached hydrogens (primary N) is 1.